The van der Waals surface area contributed by atoms with Crippen LogP contribution in [-0.4, -0.2) is 23.7 Å². The van der Waals surface area contributed by atoms with Crippen molar-refractivity contribution in [3.63, 3.8) is 0 Å². The van der Waals surface area contributed by atoms with Crippen LogP contribution in [0.3, 0.4) is 0 Å². The van der Waals surface area contributed by atoms with Gasteiger partial charge in [-0.15, -0.1) is 0 Å². The minimum absolute atomic E-state index is 0.206. The Morgan fingerprint density at radius 3 is 2.70 bits per heavy atom. The van der Waals surface area contributed by atoms with Crippen LogP contribution in [0.4, 0.5) is 4.39 Å². The number of carbonyl (C=O) groups is 1. The molecule has 1 rings (SSSR count). The number of benzene rings is 1. The summed E-state index contributed by atoms with van der Waals surface area (Å²) in [7, 11) is 0. The maximum absolute atomic E-state index is 13.7. The molecule has 0 aromatic heterocycles. The van der Waals surface area contributed by atoms with E-state index in [1.54, 1.807) is 13.0 Å². The Kier molecular flexibility index (Phi) is 6.45. The van der Waals surface area contributed by atoms with Gasteiger partial charge in [-0.25, -0.2) is 4.39 Å². The van der Waals surface area contributed by atoms with E-state index >= 15 is 0 Å². The summed E-state index contributed by atoms with van der Waals surface area (Å²) in [6.07, 6.45) is 0.347. The molecule has 0 radical (unpaired) electrons. The first kappa shape index (κ1) is 16.4. The summed E-state index contributed by atoms with van der Waals surface area (Å²) in [6.45, 7) is 5.75. The molecule has 5 heteroatoms. The molecule has 20 heavy (non-hydrogen) atoms. The summed E-state index contributed by atoms with van der Waals surface area (Å²) in [4.78, 5) is 11.7. The Morgan fingerprint density at radius 2 is 2.15 bits per heavy atom. The van der Waals surface area contributed by atoms with Crippen molar-refractivity contribution in [3.05, 3.63) is 29.6 Å². The van der Waals surface area contributed by atoms with E-state index in [0.29, 0.717) is 6.54 Å². The van der Waals surface area contributed by atoms with Gasteiger partial charge in [0.1, 0.15) is 11.6 Å². The highest BCUT2D eigenvalue weighted by Gasteiger charge is 2.15. The van der Waals surface area contributed by atoms with E-state index in [2.05, 4.69) is 5.32 Å². The number of ether oxygens (including phenoxy) is 1. The number of aliphatic hydroxyl groups is 1. The van der Waals surface area contributed by atoms with Gasteiger partial charge in [0.25, 0.3) is 5.91 Å². The highest BCUT2D eigenvalue weighted by molar-refractivity contribution is 5.80. The van der Waals surface area contributed by atoms with Crippen molar-refractivity contribution in [2.45, 2.75) is 45.8 Å². The van der Waals surface area contributed by atoms with E-state index in [1.165, 1.54) is 19.1 Å². The average molecular weight is 283 g/mol. The zero-order valence-electron chi connectivity index (χ0n) is 12.1. The molecule has 0 aliphatic rings. The van der Waals surface area contributed by atoms with E-state index in [4.69, 9.17) is 4.74 Å². The number of rotatable bonds is 7. The van der Waals surface area contributed by atoms with Gasteiger partial charge in [-0.2, -0.15) is 0 Å². The van der Waals surface area contributed by atoms with Gasteiger partial charge >= 0.3 is 0 Å². The van der Waals surface area contributed by atoms with E-state index in [0.717, 1.165) is 12.8 Å². The number of amides is 1. The molecule has 0 heterocycles. The molecule has 0 spiro atoms. The molecule has 1 amide bonds. The zero-order chi connectivity index (χ0) is 15.1. The maximum Gasteiger partial charge on any atom is 0.260 e. The second kappa shape index (κ2) is 7.85. The predicted molar refractivity (Wildman–Crippen MR) is 75.0 cm³/mol. The highest BCUT2D eigenvalue weighted by Crippen LogP contribution is 2.22. The fourth-order valence-electron chi connectivity index (χ4n) is 1.71. The summed E-state index contributed by atoms with van der Waals surface area (Å²) in [5, 5.41) is 12.1. The lowest BCUT2D eigenvalue weighted by Gasteiger charge is -2.15. The Labute approximate surface area is 119 Å². The fourth-order valence-corrected chi connectivity index (χ4v) is 1.71. The largest absolute Gasteiger partial charge is 0.481 e. The monoisotopic (exact) mass is 283 g/mol. The van der Waals surface area contributed by atoms with Crippen LogP contribution >= 0.6 is 0 Å². The maximum atomic E-state index is 13.7. The Bertz CT molecular complexity index is 449. The third kappa shape index (κ3) is 4.81. The molecule has 0 aliphatic carbocycles. The van der Waals surface area contributed by atoms with Crippen LogP contribution in [0.5, 0.6) is 5.75 Å². The van der Waals surface area contributed by atoms with Crippen LogP contribution in [0.2, 0.25) is 0 Å². The molecular weight excluding hydrogens is 261 g/mol. The van der Waals surface area contributed by atoms with Crippen molar-refractivity contribution in [2.75, 3.05) is 6.54 Å². The topological polar surface area (TPSA) is 58.6 Å². The van der Waals surface area contributed by atoms with Gasteiger partial charge in [-0.3, -0.25) is 4.79 Å². The van der Waals surface area contributed by atoms with Crippen molar-refractivity contribution < 1.29 is 19.0 Å². The lowest BCUT2D eigenvalue weighted by molar-refractivity contribution is -0.127. The number of hydrogen-bond donors (Lipinski definition) is 2. The lowest BCUT2D eigenvalue weighted by Crippen LogP contribution is -2.36. The van der Waals surface area contributed by atoms with Crippen molar-refractivity contribution in [1.29, 1.82) is 0 Å². The molecule has 1 unspecified atom stereocenters. The minimum atomic E-state index is -0.876. The lowest BCUT2D eigenvalue weighted by atomic mass is 10.1. The highest BCUT2D eigenvalue weighted by atomic mass is 19.1. The summed E-state index contributed by atoms with van der Waals surface area (Å²) in [5.41, 5.74) is 0.206. The second-order valence-corrected chi connectivity index (χ2v) is 4.76. The van der Waals surface area contributed by atoms with Gasteiger partial charge in [-0.05, 0) is 32.4 Å². The first-order chi connectivity index (χ1) is 9.45. The van der Waals surface area contributed by atoms with E-state index in [1.807, 2.05) is 6.92 Å². The molecule has 0 fully saturated rings. The van der Waals surface area contributed by atoms with Crippen molar-refractivity contribution in [3.8, 4) is 5.75 Å². The van der Waals surface area contributed by atoms with Crippen LogP contribution in [0.1, 0.15) is 45.3 Å². The molecular formula is C15H22FNO3. The number of unbranched alkanes of at least 4 members (excludes halogenated alkanes) is 1. The normalized spacial score (nSPS) is 13.7. The third-order valence-electron chi connectivity index (χ3n) is 2.93. The van der Waals surface area contributed by atoms with E-state index in [-0.39, 0.29) is 17.2 Å². The Hall–Kier alpha value is -1.62. The molecule has 0 bridgehead atoms. The molecule has 4 nitrogen and oxygen atoms in total. The van der Waals surface area contributed by atoms with Crippen molar-refractivity contribution >= 4 is 5.91 Å². The van der Waals surface area contributed by atoms with Crippen molar-refractivity contribution in [1.82, 2.24) is 5.32 Å². The number of halogens is 1. The van der Waals surface area contributed by atoms with Gasteiger partial charge in [0, 0.05) is 18.2 Å². The van der Waals surface area contributed by atoms with Gasteiger partial charge in [-0.1, -0.05) is 13.3 Å². The van der Waals surface area contributed by atoms with Gasteiger partial charge in [0.15, 0.2) is 6.10 Å². The smallest absolute Gasteiger partial charge is 0.260 e. The Morgan fingerprint density at radius 1 is 1.45 bits per heavy atom. The van der Waals surface area contributed by atoms with E-state index in [9.17, 15) is 14.3 Å². The fraction of sp³-hybridized carbons (Fsp3) is 0.533. The molecule has 0 aliphatic heterocycles. The molecule has 0 saturated carbocycles. The molecule has 0 saturated heterocycles. The SMILES string of the molecule is CCCCNC(=O)C(C)Oc1ccc([C@@H](C)O)c(F)c1. The number of aliphatic hydroxyl groups excluding tert-OH is 1. The Balaban J connectivity index is 2.59. The molecule has 2 atom stereocenters. The quantitative estimate of drug-likeness (QED) is 0.756. The molecule has 112 valence electrons. The average Bonchev–Trinajstić information content (AvgIpc) is 2.38. The van der Waals surface area contributed by atoms with Crippen molar-refractivity contribution in [2.24, 2.45) is 0 Å². The third-order valence-corrected chi connectivity index (χ3v) is 2.93. The minimum Gasteiger partial charge on any atom is -0.481 e. The summed E-state index contributed by atoms with van der Waals surface area (Å²) >= 11 is 0. The van der Waals surface area contributed by atoms with Crippen LogP contribution in [0.15, 0.2) is 18.2 Å². The number of hydrogen-bond acceptors (Lipinski definition) is 3. The van der Waals surface area contributed by atoms with Crippen LogP contribution in [0.25, 0.3) is 0 Å². The summed E-state index contributed by atoms with van der Waals surface area (Å²) in [6, 6.07) is 4.18. The second-order valence-electron chi connectivity index (χ2n) is 4.76. The zero-order valence-corrected chi connectivity index (χ0v) is 12.1. The van der Waals surface area contributed by atoms with Gasteiger partial charge < -0.3 is 15.2 Å². The first-order valence-corrected chi connectivity index (χ1v) is 6.87. The van der Waals surface area contributed by atoms with Gasteiger partial charge in [0.05, 0.1) is 6.10 Å². The number of nitrogens with one attached hydrogen (secondary N) is 1. The van der Waals surface area contributed by atoms with Gasteiger partial charge in [0.2, 0.25) is 0 Å². The van der Waals surface area contributed by atoms with Crippen LogP contribution in [0, 0.1) is 5.82 Å². The molecule has 1 aromatic rings. The summed E-state index contributed by atoms with van der Waals surface area (Å²) < 4.78 is 19.0. The number of carbonyl (C=O) groups excluding carboxylic acids is 1. The molecule has 1 aromatic carbocycles. The van der Waals surface area contributed by atoms with Crippen LogP contribution < -0.4 is 10.1 Å². The summed E-state index contributed by atoms with van der Waals surface area (Å²) in [5.74, 6) is -0.500. The van der Waals surface area contributed by atoms with E-state index < -0.39 is 18.0 Å². The predicted octanol–water partition coefficient (Wildman–Crippen LogP) is 2.56. The standard InChI is InChI=1S/C15H22FNO3/c1-4-5-8-17-15(19)11(3)20-12-6-7-13(10(2)18)14(16)9-12/h6-7,9-11,18H,4-5,8H2,1-3H3,(H,17,19)/t10-,11?/m1/s1. The first-order valence-electron chi connectivity index (χ1n) is 6.87. The van der Waals surface area contributed by atoms with Crippen LogP contribution in [-0.2, 0) is 4.79 Å². The molecule has 2 N–H and O–H groups in total.